The SMILES string of the molecule is CCOC(=O)c1ccc(-c2c3nc(c(-c4ccccc4-c4c5nc(c(-c6ccccc6)c6ccc([n-]6)c(-c6ccccc6)c6nc(c(-c7ccccc7)c7ccc4[n-]7)C=C6)C=C5)c4ccc([n-]4)c(-c4ccc(C(=O)OCC)cc4)c4nc(cc5ccc2[n-]5)C=C4)C=C3)cc1.[Ni+2].[Ni+2]. The zero-order valence-electron chi connectivity index (χ0n) is 51.7. The van der Waals surface area contributed by atoms with Gasteiger partial charge < -0.3 is 29.4 Å². The van der Waals surface area contributed by atoms with Crippen LogP contribution in [0.2, 0.25) is 0 Å². The molecule has 6 aromatic heterocycles. The fourth-order valence-corrected chi connectivity index (χ4v) is 12.8. The molecule has 0 amide bonds. The standard InChI is InChI=1S/C82H56N8O4.2Ni/c1-3-93-81(91)54-28-24-52(25-29-54)77-60-34-32-56(83-60)48-57-33-35-61(84-57)78(53-26-30-55(31-27-53)82(92)94-4-2)69-43-47-73(90-69)80(72-46-42-68(77)89-72)59-23-15-14-22-58(59)79-70-44-40-66(87-70)75(50-18-10-6-11-19-50)64-38-36-62(85-64)74(49-16-8-5-9-17-49)63-37-39-65(86-63)76(51-20-12-7-13-21-51)67-41-45-71(79)88-67;;/h5-48H,3-4H2,1-2H3,(H2-2,83,84,85,86,87,88,89,90,91,92);;/q-2;2*+2/p-2. The fraction of sp³-hybridized carbons (Fsp3) is 0.0488. The van der Waals surface area contributed by atoms with E-state index in [9.17, 15) is 9.59 Å². The average Bonchev–Trinajstić information content (AvgIpc) is 1.58. The maximum absolute atomic E-state index is 13.0. The summed E-state index contributed by atoms with van der Waals surface area (Å²) in [4.78, 5) is 70.1. The number of carbonyl (C=O) groups excluding carboxylic acids is 2. The molecule has 16 bridgehead atoms. The van der Waals surface area contributed by atoms with Crippen LogP contribution in [0.4, 0.5) is 0 Å². The molecule has 0 atom stereocenters. The minimum absolute atomic E-state index is 0. The van der Waals surface area contributed by atoms with Gasteiger partial charge in [0.25, 0.3) is 0 Å². The largest absolute Gasteiger partial charge is 2.00 e. The zero-order valence-corrected chi connectivity index (χ0v) is 53.6. The van der Waals surface area contributed by atoms with Crippen molar-refractivity contribution in [2.24, 2.45) is 0 Å². The van der Waals surface area contributed by atoms with Crippen molar-refractivity contribution in [2.75, 3.05) is 13.2 Å². The number of rotatable bonds is 11. The first kappa shape index (κ1) is 61.9. The predicted octanol–water partition coefficient (Wildman–Crippen LogP) is 18.2. The molecule has 96 heavy (non-hydrogen) atoms. The van der Waals surface area contributed by atoms with E-state index in [2.05, 4.69) is 97.1 Å². The Morgan fingerprint density at radius 3 is 0.938 bits per heavy atom. The van der Waals surface area contributed by atoms with Gasteiger partial charge in [0.1, 0.15) is 0 Å². The van der Waals surface area contributed by atoms with Gasteiger partial charge in [0.05, 0.1) is 69.9 Å². The van der Waals surface area contributed by atoms with Crippen LogP contribution in [0, 0.1) is 0 Å². The summed E-state index contributed by atoms with van der Waals surface area (Å²) in [5, 5.41) is 0. The first-order chi connectivity index (χ1) is 46.3. The van der Waals surface area contributed by atoms with Crippen LogP contribution in [0.1, 0.15) is 80.1 Å². The molecule has 4 aliphatic rings. The molecule has 14 heteroatoms. The van der Waals surface area contributed by atoms with Crippen LogP contribution < -0.4 is 19.9 Å². The molecule has 10 heterocycles. The average molecular weight is 1330 g/mol. The molecule has 0 N–H and O–H groups in total. The molecule has 0 spiro atoms. The maximum atomic E-state index is 13.0. The fourth-order valence-electron chi connectivity index (χ4n) is 12.8. The van der Waals surface area contributed by atoms with Gasteiger partial charge in [-0.2, -0.15) is 0 Å². The molecule has 4 aliphatic heterocycles. The summed E-state index contributed by atoms with van der Waals surface area (Å²) in [6.07, 6.45) is 16.3. The Bertz CT molecular complexity index is 5450. The third kappa shape index (κ3) is 11.6. The van der Waals surface area contributed by atoms with Crippen molar-refractivity contribution in [2.45, 2.75) is 13.8 Å². The number of ether oxygens (including phenoxy) is 2. The van der Waals surface area contributed by atoms with Crippen LogP contribution in [-0.2, 0) is 42.5 Å². The van der Waals surface area contributed by atoms with Crippen LogP contribution >= 0.6 is 0 Å². The first-order valence-electron chi connectivity index (χ1n) is 31.2. The second-order valence-corrected chi connectivity index (χ2v) is 22.8. The summed E-state index contributed by atoms with van der Waals surface area (Å²) in [5.74, 6) is -0.809. The van der Waals surface area contributed by atoms with Crippen LogP contribution in [0.25, 0.3) is 171 Å². The molecule has 6 aromatic carbocycles. The molecule has 0 radical (unpaired) electrons. The number of esters is 2. The smallest absolute Gasteiger partial charge is 0.657 e. The van der Waals surface area contributed by atoms with Crippen LogP contribution in [0.5, 0.6) is 0 Å². The zero-order chi connectivity index (χ0) is 63.2. The number of fused-ring (bicyclic) bond motifs is 16. The molecule has 0 saturated heterocycles. The Balaban J connectivity index is 0.00000396. The Kier molecular flexibility index (Phi) is 17.1. The normalized spacial score (nSPS) is 11.9. The van der Waals surface area contributed by atoms with Crippen LogP contribution in [0.3, 0.4) is 0 Å². The molecule has 0 unspecified atom stereocenters. The Labute approximate surface area is 572 Å². The second kappa shape index (κ2) is 26.4. The minimum Gasteiger partial charge on any atom is -0.657 e. The van der Waals surface area contributed by atoms with Gasteiger partial charge in [0, 0.05) is 0 Å². The summed E-state index contributed by atoms with van der Waals surface area (Å²) >= 11 is 0. The minimum atomic E-state index is -0.405. The molecule has 466 valence electrons. The van der Waals surface area contributed by atoms with Gasteiger partial charge in [-0.1, -0.05) is 194 Å². The van der Waals surface area contributed by atoms with Crippen molar-refractivity contribution in [1.29, 1.82) is 0 Å². The van der Waals surface area contributed by atoms with E-state index >= 15 is 0 Å². The van der Waals surface area contributed by atoms with E-state index in [1.54, 1.807) is 38.1 Å². The first-order valence-corrected chi connectivity index (χ1v) is 31.2. The van der Waals surface area contributed by atoms with Crippen molar-refractivity contribution in [3.05, 3.63) is 275 Å². The van der Waals surface area contributed by atoms with Gasteiger partial charge in [-0.05, 0) is 165 Å². The van der Waals surface area contributed by atoms with E-state index in [-0.39, 0.29) is 46.2 Å². The monoisotopic (exact) mass is 1330 g/mol. The predicted molar refractivity (Wildman–Crippen MR) is 377 cm³/mol. The van der Waals surface area contributed by atoms with E-state index in [1.165, 1.54) is 0 Å². The summed E-state index contributed by atoms with van der Waals surface area (Å²) in [6, 6.07) is 72.3. The van der Waals surface area contributed by atoms with E-state index in [0.717, 1.165) is 112 Å². The Morgan fingerprint density at radius 1 is 0.302 bits per heavy atom. The quantitative estimate of drug-likeness (QED) is 0.0892. The third-order valence-electron chi connectivity index (χ3n) is 17.1. The van der Waals surface area contributed by atoms with Crippen molar-refractivity contribution >= 4 is 105 Å². The van der Waals surface area contributed by atoms with Gasteiger partial charge >= 0.3 is 44.9 Å². The number of nitrogens with zero attached hydrogens (tertiary/aromatic N) is 8. The van der Waals surface area contributed by atoms with E-state index in [0.29, 0.717) is 67.2 Å². The van der Waals surface area contributed by atoms with Gasteiger partial charge in [0.2, 0.25) is 0 Å². The van der Waals surface area contributed by atoms with Gasteiger partial charge in [-0.15, -0.1) is 44.1 Å². The summed E-state index contributed by atoms with van der Waals surface area (Å²) < 4.78 is 10.8. The molecule has 0 fully saturated rings. The van der Waals surface area contributed by atoms with Crippen molar-refractivity contribution in [3.63, 3.8) is 0 Å². The van der Waals surface area contributed by atoms with Crippen molar-refractivity contribution in [3.8, 4) is 77.9 Å². The number of aromatic nitrogens is 8. The molecule has 0 saturated carbocycles. The second-order valence-electron chi connectivity index (χ2n) is 22.8. The summed E-state index contributed by atoms with van der Waals surface area (Å²) in [7, 11) is 0. The van der Waals surface area contributed by atoms with E-state index in [1.807, 2.05) is 146 Å². The Hall–Kier alpha value is -11.6. The third-order valence-corrected chi connectivity index (χ3v) is 17.1. The number of benzene rings is 6. The number of carbonyl (C=O) groups is 2. The van der Waals surface area contributed by atoms with E-state index < -0.39 is 11.9 Å². The molecular formula is C82H54N8Ni2O4. The van der Waals surface area contributed by atoms with Crippen molar-refractivity contribution < 1.29 is 52.0 Å². The molecule has 12 nitrogen and oxygen atoms in total. The van der Waals surface area contributed by atoms with E-state index in [4.69, 9.17) is 49.3 Å². The van der Waals surface area contributed by atoms with Gasteiger partial charge in [-0.25, -0.2) is 29.5 Å². The Morgan fingerprint density at radius 2 is 0.583 bits per heavy atom. The van der Waals surface area contributed by atoms with Gasteiger partial charge in [-0.3, -0.25) is 0 Å². The molecule has 16 rings (SSSR count). The van der Waals surface area contributed by atoms with Crippen LogP contribution in [-0.4, -0.2) is 45.1 Å². The molecule has 12 aromatic rings. The summed E-state index contributed by atoms with van der Waals surface area (Å²) in [5.41, 5.74) is 23.9. The number of hydrogen-bond donors (Lipinski definition) is 0. The van der Waals surface area contributed by atoms with Crippen molar-refractivity contribution in [1.82, 2.24) is 39.9 Å². The number of hydrogen-bond acceptors (Lipinski definition) is 8. The maximum Gasteiger partial charge on any atom is 2.00 e. The molecular weight excluding hydrogens is 1280 g/mol. The topological polar surface area (TPSA) is 161 Å². The summed E-state index contributed by atoms with van der Waals surface area (Å²) in [6.45, 7) is 4.10. The molecule has 0 aliphatic carbocycles. The van der Waals surface area contributed by atoms with Gasteiger partial charge in [0.15, 0.2) is 0 Å². The van der Waals surface area contributed by atoms with Crippen LogP contribution in [0.15, 0.2) is 218 Å².